The summed E-state index contributed by atoms with van der Waals surface area (Å²) in [6.07, 6.45) is 0. The number of methoxy groups -OCH3 is 1. The van der Waals surface area contributed by atoms with Gasteiger partial charge in [-0.3, -0.25) is 4.79 Å². The lowest BCUT2D eigenvalue weighted by Crippen LogP contribution is -2.40. The van der Waals surface area contributed by atoms with Crippen LogP contribution in [-0.4, -0.2) is 65.2 Å². The predicted molar refractivity (Wildman–Crippen MR) is 107 cm³/mol. The number of carbonyl (C=O) groups excluding carboxylic acids is 1. The van der Waals surface area contributed by atoms with E-state index in [-0.39, 0.29) is 10.8 Å². The molecule has 1 heterocycles. The Balaban J connectivity index is 1.49. The molecule has 0 unspecified atom stereocenters. The van der Waals surface area contributed by atoms with Gasteiger partial charge in [-0.1, -0.05) is 0 Å². The van der Waals surface area contributed by atoms with E-state index in [1.54, 1.807) is 31.4 Å². The largest absolute Gasteiger partial charge is 0.497 e. The molecule has 1 saturated heterocycles. The quantitative estimate of drug-likeness (QED) is 0.651. The van der Waals surface area contributed by atoms with Crippen molar-refractivity contribution < 1.29 is 27.4 Å². The fourth-order valence-corrected chi connectivity index (χ4v) is 4.23. The molecule has 2 aromatic carbocycles. The summed E-state index contributed by atoms with van der Waals surface area (Å²) < 4.78 is 42.4. The minimum absolute atomic E-state index is 0.166. The Kier molecular flexibility index (Phi) is 7.08. The third-order valence-electron chi connectivity index (χ3n) is 4.44. The number of benzene rings is 2. The Bertz CT molecular complexity index is 907. The summed E-state index contributed by atoms with van der Waals surface area (Å²) in [5, 5.41) is 2.75. The van der Waals surface area contributed by atoms with Crippen LogP contribution in [0.2, 0.25) is 0 Å². The first-order valence-electron chi connectivity index (χ1n) is 9.24. The summed E-state index contributed by atoms with van der Waals surface area (Å²) in [4.78, 5) is 12.4. The highest BCUT2D eigenvalue weighted by Crippen LogP contribution is 2.18. The van der Waals surface area contributed by atoms with Crippen molar-refractivity contribution in [1.82, 2.24) is 9.62 Å². The Morgan fingerprint density at radius 3 is 2.28 bits per heavy atom. The number of hydrogen-bond donors (Lipinski definition) is 1. The highest BCUT2D eigenvalue weighted by Gasteiger charge is 2.26. The van der Waals surface area contributed by atoms with Crippen LogP contribution in [0, 0.1) is 0 Å². The highest BCUT2D eigenvalue weighted by atomic mass is 32.2. The Morgan fingerprint density at radius 2 is 1.66 bits per heavy atom. The lowest BCUT2D eigenvalue weighted by Gasteiger charge is -2.26. The molecule has 3 rings (SSSR count). The molecule has 0 aromatic heterocycles. The summed E-state index contributed by atoms with van der Waals surface area (Å²) >= 11 is 0. The van der Waals surface area contributed by atoms with Crippen molar-refractivity contribution in [3.8, 4) is 11.5 Å². The maximum atomic E-state index is 12.6. The van der Waals surface area contributed by atoms with Crippen molar-refractivity contribution in [3.05, 3.63) is 54.1 Å². The Morgan fingerprint density at radius 1 is 1.03 bits per heavy atom. The molecular weight excluding hydrogens is 396 g/mol. The second-order valence-corrected chi connectivity index (χ2v) is 8.26. The number of hydrogen-bond acceptors (Lipinski definition) is 6. The molecule has 2 aromatic rings. The van der Waals surface area contributed by atoms with Crippen LogP contribution in [0.15, 0.2) is 53.4 Å². The van der Waals surface area contributed by atoms with Crippen molar-refractivity contribution in [2.45, 2.75) is 4.90 Å². The zero-order valence-electron chi connectivity index (χ0n) is 16.2. The van der Waals surface area contributed by atoms with Gasteiger partial charge in [0.15, 0.2) is 0 Å². The summed E-state index contributed by atoms with van der Waals surface area (Å²) in [5.41, 5.74) is 0.385. The lowest BCUT2D eigenvalue weighted by molar-refractivity contribution is 0.0730. The normalized spacial score (nSPS) is 14.9. The number of ether oxygens (including phenoxy) is 3. The molecule has 29 heavy (non-hydrogen) atoms. The maximum absolute atomic E-state index is 12.6. The van der Waals surface area contributed by atoms with Crippen LogP contribution < -0.4 is 14.8 Å². The zero-order valence-corrected chi connectivity index (χ0v) is 17.0. The Labute approximate surface area is 170 Å². The van der Waals surface area contributed by atoms with E-state index in [4.69, 9.17) is 14.2 Å². The van der Waals surface area contributed by atoms with E-state index in [1.165, 1.54) is 28.6 Å². The van der Waals surface area contributed by atoms with Gasteiger partial charge in [-0.05, 0) is 48.5 Å². The van der Waals surface area contributed by atoms with E-state index in [0.717, 1.165) is 5.75 Å². The molecule has 0 bridgehead atoms. The zero-order chi connectivity index (χ0) is 20.7. The first kappa shape index (κ1) is 21.1. The summed E-state index contributed by atoms with van der Waals surface area (Å²) in [6.45, 7) is 2.06. The SMILES string of the molecule is COc1ccc(OCCNC(=O)c2ccc(S(=O)(=O)N3CCOCC3)cc2)cc1. The van der Waals surface area contributed by atoms with Gasteiger partial charge in [0.2, 0.25) is 10.0 Å². The molecule has 1 aliphatic rings. The van der Waals surface area contributed by atoms with Gasteiger partial charge < -0.3 is 19.5 Å². The van der Waals surface area contributed by atoms with Crippen molar-refractivity contribution in [3.63, 3.8) is 0 Å². The van der Waals surface area contributed by atoms with Gasteiger partial charge in [0.25, 0.3) is 5.91 Å². The lowest BCUT2D eigenvalue weighted by atomic mass is 10.2. The third-order valence-corrected chi connectivity index (χ3v) is 6.35. The molecule has 0 aliphatic carbocycles. The molecule has 0 atom stereocenters. The van der Waals surface area contributed by atoms with E-state index in [0.29, 0.717) is 50.8 Å². The van der Waals surface area contributed by atoms with Crippen molar-refractivity contribution in [2.24, 2.45) is 0 Å². The summed E-state index contributed by atoms with van der Waals surface area (Å²) in [5.74, 6) is 1.13. The van der Waals surface area contributed by atoms with Gasteiger partial charge in [-0.15, -0.1) is 0 Å². The van der Waals surface area contributed by atoms with Gasteiger partial charge in [-0.25, -0.2) is 8.42 Å². The second-order valence-electron chi connectivity index (χ2n) is 6.32. The molecule has 8 nitrogen and oxygen atoms in total. The van der Waals surface area contributed by atoms with Crippen LogP contribution in [-0.2, 0) is 14.8 Å². The van der Waals surface area contributed by atoms with E-state index in [2.05, 4.69) is 5.32 Å². The third kappa shape index (κ3) is 5.47. The molecular formula is C20H24N2O6S. The molecule has 1 N–H and O–H groups in total. The van der Waals surface area contributed by atoms with E-state index >= 15 is 0 Å². The molecule has 0 saturated carbocycles. The highest BCUT2D eigenvalue weighted by molar-refractivity contribution is 7.89. The van der Waals surface area contributed by atoms with Gasteiger partial charge in [0.05, 0.1) is 31.8 Å². The van der Waals surface area contributed by atoms with Gasteiger partial charge >= 0.3 is 0 Å². The van der Waals surface area contributed by atoms with Crippen LogP contribution in [0.1, 0.15) is 10.4 Å². The standard InChI is InChI=1S/C20H24N2O6S/c1-26-17-4-6-18(7-5-17)28-13-10-21-20(23)16-2-8-19(9-3-16)29(24,25)22-11-14-27-15-12-22/h2-9H,10-15H2,1H3,(H,21,23). The number of carbonyl (C=O) groups is 1. The first-order valence-corrected chi connectivity index (χ1v) is 10.7. The van der Waals surface area contributed by atoms with Crippen LogP contribution >= 0.6 is 0 Å². The van der Waals surface area contributed by atoms with Crippen molar-refractivity contribution in [2.75, 3.05) is 46.6 Å². The van der Waals surface area contributed by atoms with E-state index in [1.807, 2.05) is 0 Å². The topological polar surface area (TPSA) is 94.2 Å². The minimum Gasteiger partial charge on any atom is -0.497 e. The van der Waals surface area contributed by atoms with Gasteiger partial charge in [0, 0.05) is 18.7 Å². The number of nitrogens with zero attached hydrogens (tertiary/aromatic N) is 1. The van der Waals surface area contributed by atoms with Crippen LogP contribution in [0.5, 0.6) is 11.5 Å². The molecule has 0 radical (unpaired) electrons. The van der Waals surface area contributed by atoms with Crippen LogP contribution in [0.3, 0.4) is 0 Å². The predicted octanol–water partition coefficient (Wildman–Crippen LogP) is 1.52. The number of nitrogens with one attached hydrogen (secondary N) is 1. The fourth-order valence-electron chi connectivity index (χ4n) is 2.82. The van der Waals surface area contributed by atoms with Crippen molar-refractivity contribution in [1.29, 1.82) is 0 Å². The van der Waals surface area contributed by atoms with Crippen LogP contribution in [0.4, 0.5) is 0 Å². The Hall–Kier alpha value is -2.62. The first-order chi connectivity index (χ1) is 14.0. The fraction of sp³-hybridized carbons (Fsp3) is 0.350. The van der Waals surface area contributed by atoms with Crippen LogP contribution in [0.25, 0.3) is 0 Å². The number of morpholine rings is 1. The number of sulfonamides is 1. The average molecular weight is 420 g/mol. The van der Waals surface area contributed by atoms with Gasteiger partial charge in [0.1, 0.15) is 18.1 Å². The van der Waals surface area contributed by atoms with E-state index in [9.17, 15) is 13.2 Å². The molecule has 156 valence electrons. The summed E-state index contributed by atoms with van der Waals surface area (Å²) in [7, 11) is -1.98. The van der Waals surface area contributed by atoms with Crippen molar-refractivity contribution >= 4 is 15.9 Å². The molecule has 1 amide bonds. The number of rotatable bonds is 8. The molecule has 9 heteroatoms. The maximum Gasteiger partial charge on any atom is 0.251 e. The average Bonchev–Trinajstić information content (AvgIpc) is 2.77. The van der Waals surface area contributed by atoms with E-state index < -0.39 is 10.0 Å². The monoisotopic (exact) mass is 420 g/mol. The van der Waals surface area contributed by atoms with Gasteiger partial charge in [-0.2, -0.15) is 4.31 Å². The number of amides is 1. The minimum atomic E-state index is -3.57. The molecule has 1 aliphatic heterocycles. The second kappa shape index (κ2) is 9.73. The molecule has 1 fully saturated rings. The summed E-state index contributed by atoms with van der Waals surface area (Å²) in [6, 6.07) is 13.1. The smallest absolute Gasteiger partial charge is 0.251 e. The molecule has 0 spiro atoms.